The molecule has 0 bridgehead atoms. The Morgan fingerprint density at radius 3 is 2.82 bits per heavy atom. The van der Waals surface area contributed by atoms with Crippen molar-refractivity contribution in [2.75, 3.05) is 37.0 Å². The Hall–Kier alpha value is -2.27. The van der Waals surface area contributed by atoms with Crippen LogP contribution in [0, 0.1) is 0 Å². The van der Waals surface area contributed by atoms with Gasteiger partial charge in [-0.2, -0.15) is 0 Å². The maximum atomic E-state index is 8.94. The lowest BCUT2D eigenvalue weighted by molar-refractivity contribution is 0.304. The fourth-order valence-corrected chi connectivity index (χ4v) is 2.10. The minimum atomic E-state index is 0.132. The highest BCUT2D eigenvalue weighted by atomic mass is 16.5. The van der Waals surface area contributed by atoms with E-state index in [4.69, 9.17) is 9.84 Å². The van der Waals surface area contributed by atoms with E-state index < -0.39 is 0 Å². The molecule has 0 amide bonds. The molecule has 0 spiro atoms. The Balaban J connectivity index is 1.92. The van der Waals surface area contributed by atoms with Crippen molar-refractivity contribution in [1.29, 1.82) is 0 Å². The van der Waals surface area contributed by atoms with Gasteiger partial charge < -0.3 is 20.1 Å². The molecule has 0 aliphatic carbocycles. The number of aliphatic hydroxyl groups is 1. The van der Waals surface area contributed by atoms with Crippen LogP contribution in [0.4, 0.5) is 11.5 Å². The molecular formula is C17H23N3O2. The van der Waals surface area contributed by atoms with Gasteiger partial charge in [0.05, 0.1) is 25.1 Å². The summed E-state index contributed by atoms with van der Waals surface area (Å²) in [7, 11) is 1.93. The van der Waals surface area contributed by atoms with Gasteiger partial charge in [0.15, 0.2) is 0 Å². The van der Waals surface area contributed by atoms with Crippen molar-refractivity contribution < 1.29 is 9.84 Å². The van der Waals surface area contributed by atoms with Crippen molar-refractivity contribution in [3.05, 3.63) is 48.2 Å². The number of nitrogens with zero attached hydrogens (tertiary/aromatic N) is 2. The van der Waals surface area contributed by atoms with Crippen molar-refractivity contribution in [3.8, 4) is 5.75 Å². The first-order valence-electron chi connectivity index (χ1n) is 7.46. The summed E-state index contributed by atoms with van der Waals surface area (Å²) in [5.41, 5.74) is 2.13. The molecule has 1 aromatic heterocycles. The number of aliphatic hydroxyl groups excluding tert-OH is 1. The Morgan fingerprint density at radius 2 is 2.14 bits per heavy atom. The molecule has 5 heteroatoms. The van der Waals surface area contributed by atoms with E-state index in [0.29, 0.717) is 19.7 Å². The number of hydrogen-bond acceptors (Lipinski definition) is 5. The molecule has 0 fully saturated rings. The molecule has 0 aliphatic heterocycles. The lowest BCUT2D eigenvalue weighted by Crippen LogP contribution is -2.21. The summed E-state index contributed by atoms with van der Waals surface area (Å²) in [4.78, 5) is 6.35. The van der Waals surface area contributed by atoms with E-state index in [1.165, 1.54) is 0 Å². The highest BCUT2D eigenvalue weighted by Crippen LogP contribution is 2.16. The molecule has 1 heterocycles. The summed E-state index contributed by atoms with van der Waals surface area (Å²) in [6.07, 6.45) is 1.80. The van der Waals surface area contributed by atoms with Gasteiger partial charge in [0, 0.05) is 20.1 Å². The normalized spacial score (nSPS) is 10.3. The largest absolute Gasteiger partial charge is 0.494 e. The topological polar surface area (TPSA) is 57.6 Å². The molecule has 118 valence electrons. The quantitative estimate of drug-likeness (QED) is 0.784. The van der Waals surface area contributed by atoms with Gasteiger partial charge in [-0.25, -0.2) is 4.98 Å². The summed E-state index contributed by atoms with van der Waals surface area (Å²) in [6, 6.07) is 12.0. The molecule has 0 atom stereocenters. The van der Waals surface area contributed by atoms with Crippen LogP contribution in [0.2, 0.25) is 0 Å². The molecule has 0 saturated carbocycles. The van der Waals surface area contributed by atoms with Crippen LogP contribution in [0.1, 0.15) is 12.5 Å². The Kier molecular flexibility index (Phi) is 6.03. The van der Waals surface area contributed by atoms with Gasteiger partial charge in [-0.3, -0.25) is 0 Å². The standard InChI is InChI=1S/C17H23N3O2/c1-3-22-16-6-4-5-14(11-16)12-18-17-8-7-15(13-19-17)20(2)9-10-21/h4-8,11,13,21H,3,9-10,12H2,1-2H3,(H,18,19). The van der Waals surface area contributed by atoms with E-state index in [1.807, 2.05) is 49.2 Å². The summed E-state index contributed by atoms with van der Waals surface area (Å²) >= 11 is 0. The van der Waals surface area contributed by atoms with Gasteiger partial charge in [0.25, 0.3) is 0 Å². The zero-order valence-electron chi connectivity index (χ0n) is 13.1. The van der Waals surface area contributed by atoms with E-state index in [1.54, 1.807) is 6.20 Å². The van der Waals surface area contributed by atoms with Gasteiger partial charge >= 0.3 is 0 Å². The third kappa shape index (κ3) is 4.63. The molecule has 2 N–H and O–H groups in total. The molecule has 5 nitrogen and oxygen atoms in total. The number of hydrogen-bond donors (Lipinski definition) is 2. The second kappa shape index (κ2) is 8.24. The van der Waals surface area contributed by atoms with Gasteiger partial charge in [0.1, 0.15) is 11.6 Å². The fourth-order valence-electron chi connectivity index (χ4n) is 2.10. The summed E-state index contributed by atoms with van der Waals surface area (Å²) < 4.78 is 5.49. The van der Waals surface area contributed by atoms with Gasteiger partial charge in [0.2, 0.25) is 0 Å². The Bertz CT molecular complexity index is 572. The number of likely N-dealkylation sites (N-methyl/N-ethyl adjacent to an activating group) is 1. The maximum Gasteiger partial charge on any atom is 0.126 e. The fraction of sp³-hybridized carbons (Fsp3) is 0.353. The molecule has 2 aromatic rings. The summed E-state index contributed by atoms with van der Waals surface area (Å²) in [5.74, 6) is 1.71. The van der Waals surface area contributed by atoms with Crippen LogP contribution in [-0.4, -0.2) is 36.9 Å². The predicted octanol–water partition coefficient (Wildman–Crippen LogP) is 2.52. The van der Waals surface area contributed by atoms with Crippen molar-refractivity contribution >= 4 is 11.5 Å². The van der Waals surface area contributed by atoms with Crippen molar-refractivity contribution in [1.82, 2.24) is 4.98 Å². The third-order valence-electron chi connectivity index (χ3n) is 3.31. The van der Waals surface area contributed by atoms with Crippen molar-refractivity contribution in [2.24, 2.45) is 0 Å². The molecule has 2 rings (SSSR count). The molecule has 0 radical (unpaired) electrons. The highest BCUT2D eigenvalue weighted by Gasteiger charge is 2.02. The molecule has 0 aliphatic rings. The monoisotopic (exact) mass is 301 g/mol. The van der Waals surface area contributed by atoms with Gasteiger partial charge in [-0.05, 0) is 36.8 Å². The average molecular weight is 301 g/mol. The van der Waals surface area contributed by atoms with Crippen LogP contribution in [-0.2, 0) is 6.54 Å². The number of benzene rings is 1. The van der Waals surface area contributed by atoms with Gasteiger partial charge in [-0.1, -0.05) is 12.1 Å². The van der Waals surface area contributed by atoms with Gasteiger partial charge in [-0.15, -0.1) is 0 Å². The minimum absolute atomic E-state index is 0.132. The zero-order chi connectivity index (χ0) is 15.8. The second-order valence-corrected chi connectivity index (χ2v) is 4.98. The van der Waals surface area contributed by atoms with Crippen molar-refractivity contribution in [2.45, 2.75) is 13.5 Å². The van der Waals surface area contributed by atoms with Crippen LogP contribution in [0.3, 0.4) is 0 Å². The second-order valence-electron chi connectivity index (χ2n) is 4.98. The number of rotatable bonds is 8. The Morgan fingerprint density at radius 1 is 1.27 bits per heavy atom. The van der Waals surface area contributed by atoms with Crippen LogP contribution in [0.5, 0.6) is 5.75 Å². The molecule has 0 unspecified atom stereocenters. The van der Waals surface area contributed by atoms with E-state index >= 15 is 0 Å². The lowest BCUT2D eigenvalue weighted by atomic mass is 10.2. The highest BCUT2D eigenvalue weighted by molar-refractivity contribution is 5.49. The first-order chi connectivity index (χ1) is 10.7. The zero-order valence-corrected chi connectivity index (χ0v) is 13.1. The SMILES string of the molecule is CCOc1cccc(CNc2ccc(N(C)CCO)cn2)c1. The van der Waals surface area contributed by atoms with E-state index in [9.17, 15) is 0 Å². The van der Waals surface area contributed by atoms with Crippen LogP contribution < -0.4 is 15.0 Å². The average Bonchev–Trinajstić information content (AvgIpc) is 2.54. The Labute approximate surface area is 131 Å². The van der Waals surface area contributed by atoms with Crippen LogP contribution in [0.25, 0.3) is 0 Å². The number of pyridine rings is 1. The van der Waals surface area contributed by atoms with E-state index in [2.05, 4.69) is 16.4 Å². The minimum Gasteiger partial charge on any atom is -0.494 e. The first-order valence-corrected chi connectivity index (χ1v) is 7.46. The number of aromatic nitrogens is 1. The van der Waals surface area contributed by atoms with Crippen LogP contribution in [0.15, 0.2) is 42.6 Å². The third-order valence-corrected chi connectivity index (χ3v) is 3.31. The molecular weight excluding hydrogens is 278 g/mol. The molecule has 1 aromatic carbocycles. The van der Waals surface area contributed by atoms with Crippen LogP contribution >= 0.6 is 0 Å². The predicted molar refractivity (Wildman–Crippen MR) is 89.5 cm³/mol. The summed E-state index contributed by atoms with van der Waals surface area (Å²) in [6.45, 7) is 4.07. The van der Waals surface area contributed by atoms with E-state index in [0.717, 1.165) is 22.8 Å². The molecule has 22 heavy (non-hydrogen) atoms. The van der Waals surface area contributed by atoms with Crippen molar-refractivity contribution in [3.63, 3.8) is 0 Å². The number of nitrogens with one attached hydrogen (secondary N) is 1. The summed E-state index contributed by atoms with van der Waals surface area (Å²) in [5, 5.41) is 12.2. The van der Waals surface area contributed by atoms with E-state index in [-0.39, 0.29) is 6.61 Å². The molecule has 0 saturated heterocycles. The number of anilines is 2. The smallest absolute Gasteiger partial charge is 0.126 e. The first kappa shape index (κ1) is 16.1. The number of ether oxygens (including phenoxy) is 1. The maximum absolute atomic E-state index is 8.94. The lowest BCUT2D eigenvalue weighted by Gasteiger charge is -2.17.